The molecule has 1 fully saturated rings. The summed E-state index contributed by atoms with van der Waals surface area (Å²) in [7, 11) is 0. The summed E-state index contributed by atoms with van der Waals surface area (Å²) in [6.07, 6.45) is 3.36. The van der Waals surface area contributed by atoms with Crippen LogP contribution in [0.1, 0.15) is 29.8 Å². The number of ketones is 1. The Kier molecular flexibility index (Phi) is 5.93. The smallest absolute Gasteiger partial charge is 0.238 e. The van der Waals surface area contributed by atoms with Crippen LogP contribution in [0.15, 0.2) is 48.5 Å². The number of nitrogens with two attached hydrogens (primary N) is 1. The van der Waals surface area contributed by atoms with E-state index in [-0.39, 0.29) is 5.69 Å². The predicted octanol–water partition coefficient (Wildman–Crippen LogP) is 4.14. The van der Waals surface area contributed by atoms with Crippen molar-refractivity contribution in [2.24, 2.45) is 5.73 Å². The van der Waals surface area contributed by atoms with E-state index in [1.807, 2.05) is 0 Å². The van der Waals surface area contributed by atoms with Crippen molar-refractivity contribution in [2.75, 3.05) is 6.54 Å². The molecule has 1 aromatic heterocycles. The normalized spacial score (nSPS) is 18.6. The van der Waals surface area contributed by atoms with Crippen LogP contribution >= 0.6 is 11.3 Å². The number of amides is 1. The molecule has 1 radical (unpaired) electrons. The second kappa shape index (κ2) is 8.64. The van der Waals surface area contributed by atoms with Gasteiger partial charge in [-0.1, -0.05) is 24.3 Å². The number of aromatic nitrogens is 1. The number of nitrogens with one attached hydrogen (secondary N) is 1. The maximum atomic E-state index is 13.7. The number of Topliss-reactive ketones (excluding diaryl/α,β-unsaturated/α-hetero) is 1. The molecule has 1 atom stereocenters. The molecule has 4 rings (SSSR count). The maximum absolute atomic E-state index is 13.7. The van der Waals surface area contributed by atoms with Gasteiger partial charge in [0.1, 0.15) is 27.9 Å². The van der Waals surface area contributed by atoms with Gasteiger partial charge in [-0.05, 0) is 55.6 Å². The van der Waals surface area contributed by atoms with Crippen molar-refractivity contribution in [3.05, 3.63) is 72.3 Å². The number of hydrogen-bond donors (Lipinski definition) is 2. The highest BCUT2D eigenvalue weighted by atomic mass is 32.1. The number of benzene rings is 2. The minimum absolute atomic E-state index is 0.115. The third-order valence-electron chi connectivity index (χ3n) is 5.29. The van der Waals surface area contributed by atoms with E-state index in [4.69, 9.17) is 5.73 Å². The van der Waals surface area contributed by atoms with Crippen LogP contribution in [0.2, 0.25) is 0 Å². The first-order valence-electron chi connectivity index (χ1n) is 9.86. The molecule has 31 heavy (non-hydrogen) atoms. The van der Waals surface area contributed by atoms with Crippen LogP contribution in [0, 0.1) is 18.1 Å². The van der Waals surface area contributed by atoms with Crippen molar-refractivity contribution in [1.29, 1.82) is 0 Å². The molecule has 2 aromatic carbocycles. The van der Waals surface area contributed by atoms with E-state index in [1.54, 1.807) is 24.3 Å². The van der Waals surface area contributed by atoms with Crippen LogP contribution in [-0.2, 0) is 4.79 Å². The Morgan fingerprint density at radius 1 is 1.06 bits per heavy atom. The molecule has 0 aliphatic carbocycles. The largest absolute Gasteiger partial charge is 0.368 e. The second-order valence-corrected chi connectivity index (χ2v) is 8.44. The fraction of sp³-hybridized carbons (Fsp3) is 0.217. The van der Waals surface area contributed by atoms with Gasteiger partial charge in [-0.2, -0.15) is 0 Å². The van der Waals surface area contributed by atoms with E-state index in [0.29, 0.717) is 34.0 Å². The zero-order valence-corrected chi connectivity index (χ0v) is 17.3. The van der Waals surface area contributed by atoms with Crippen LogP contribution in [0.4, 0.5) is 8.78 Å². The number of carbonyl (C=O) groups excluding carboxylic acids is 2. The molecule has 159 valence electrons. The first-order valence-corrected chi connectivity index (χ1v) is 10.7. The Bertz CT molecular complexity index is 1120. The summed E-state index contributed by atoms with van der Waals surface area (Å²) in [5, 5.41) is 3.52. The van der Waals surface area contributed by atoms with Crippen LogP contribution < -0.4 is 11.1 Å². The standard InChI is InChI=1S/C23H20F2N3O2S/c24-16-8-6-14(7-9-16)20-19(28-21(31-20)15-4-3-5-17(25)12-15)18(29)13-23(22(26)30)10-1-2-11-27-23/h3-9,12-13,27H,1-2,10-11H2,(H2,26,30). The molecule has 0 spiro atoms. The van der Waals surface area contributed by atoms with Crippen molar-refractivity contribution in [1.82, 2.24) is 10.3 Å². The molecule has 1 aliphatic heterocycles. The molecule has 1 saturated heterocycles. The average Bonchev–Trinajstić information content (AvgIpc) is 3.20. The van der Waals surface area contributed by atoms with Crippen LogP contribution in [0.25, 0.3) is 21.0 Å². The lowest BCUT2D eigenvalue weighted by atomic mass is 9.83. The van der Waals surface area contributed by atoms with Gasteiger partial charge >= 0.3 is 0 Å². The van der Waals surface area contributed by atoms with Gasteiger partial charge in [-0.25, -0.2) is 13.8 Å². The second-order valence-electron chi connectivity index (χ2n) is 7.44. The van der Waals surface area contributed by atoms with Crippen molar-refractivity contribution < 1.29 is 18.4 Å². The summed E-state index contributed by atoms with van der Waals surface area (Å²) < 4.78 is 27.2. The third-order valence-corrected chi connectivity index (χ3v) is 6.45. The zero-order valence-electron chi connectivity index (χ0n) is 16.5. The summed E-state index contributed by atoms with van der Waals surface area (Å²) in [5.74, 6) is -1.91. The number of carbonyl (C=O) groups is 2. The summed E-state index contributed by atoms with van der Waals surface area (Å²) in [6.45, 7) is 0.573. The van der Waals surface area contributed by atoms with Gasteiger partial charge in [0.25, 0.3) is 0 Å². The molecule has 1 amide bonds. The predicted molar refractivity (Wildman–Crippen MR) is 115 cm³/mol. The fourth-order valence-electron chi connectivity index (χ4n) is 3.65. The van der Waals surface area contributed by atoms with Crippen molar-refractivity contribution >= 4 is 23.0 Å². The first-order chi connectivity index (χ1) is 14.9. The lowest BCUT2D eigenvalue weighted by Crippen LogP contribution is -2.59. The molecule has 0 bridgehead atoms. The van der Waals surface area contributed by atoms with Gasteiger partial charge in [-0.15, -0.1) is 11.3 Å². The number of primary amides is 1. The molecule has 8 heteroatoms. The number of thiazole rings is 1. The molecular weight excluding hydrogens is 420 g/mol. The van der Waals surface area contributed by atoms with Gasteiger partial charge in [0.2, 0.25) is 5.91 Å². The Labute approximate surface area is 182 Å². The molecule has 0 saturated carbocycles. The van der Waals surface area contributed by atoms with E-state index < -0.39 is 28.9 Å². The first kappa shape index (κ1) is 21.3. The monoisotopic (exact) mass is 440 g/mol. The van der Waals surface area contributed by atoms with Crippen LogP contribution in [-0.4, -0.2) is 28.8 Å². The SMILES string of the molecule is NC(=O)C1([CH]C(=O)c2nc(-c3cccc(F)c3)sc2-c2ccc(F)cc2)CCCCN1. The van der Waals surface area contributed by atoms with E-state index in [9.17, 15) is 18.4 Å². The van der Waals surface area contributed by atoms with Gasteiger partial charge in [0.05, 0.1) is 11.3 Å². The number of hydrogen-bond acceptors (Lipinski definition) is 5. The number of nitrogens with zero attached hydrogens (tertiary/aromatic N) is 1. The van der Waals surface area contributed by atoms with Gasteiger partial charge in [0, 0.05) is 5.56 Å². The maximum Gasteiger partial charge on any atom is 0.238 e. The summed E-state index contributed by atoms with van der Waals surface area (Å²) >= 11 is 1.20. The van der Waals surface area contributed by atoms with Crippen LogP contribution in [0.3, 0.4) is 0 Å². The van der Waals surface area contributed by atoms with Crippen molar-refractivity contribution in [3.63, 3.8) is 0 Å². The minimum atomic E-state index is -1.24. The van der Waals surface area contributed by atoms with Crippen molar-refractivity contribution in [3.8, 4) is 21.0 Å². The summed E-state index contributed by atoms with van der Waals surface area (Å²) in [4.78, 5) is 30.4. The Balaban J connectivity index is 1.76. The van der Waals surface area contributed by atoms with E-state index in [1.165, 1.54) is 42.0 Å². The highest BCUT2D eigenvalue weighted by Crippen LogP contribution is 2.37. The van der Waals surface area contributed by atoms with Gasteiger partial charge in [-0.3, -0.25) is 9.59 Å². The Morgan fingerprint density at radius 2 is 1.84 bits per heavy atom. The quantitative estimate of drug-likeness (QED) is 0.564. The average molecular weight is 440 g/mol. The summed E-state index contributed by atoms with van der Waals surface area (Å²) in [6, 6.07) is 11.6. The summed E-state index contributed by atoms with van der Waals surface area (Å²) in [5.41, 5.74) is 5.62. The molecule has 2 heterocycles. The number of rotatable bonds is 6. The lowest BCUT2D eigenvalue weighted by molar-refractivity contribution is -0.123. The molecule has 5 nitrogen and oxygen atoms in total. The molecule has 3 aromatic rings. The molecular formula is C23H20F2N3O2S. The van der Waals surface area contributed by atoms with Gasteiger partial charge in [0.15, 0.2) is 5.78 Å². The van der Waals surface area contributed by atoms with E-state index >= 15 is 0 Å². The topological polar surface area (TPSA) is 85.1 Å². The third kappa shape index (κ3) is 4.40. The molecule has 1 unspecified atom stereocenters. The Morgan fingerprint density at radius 3 is 2.48 bits per heavy atom. The minimum Gasteiger partial charge on any atom is -0.368 e. The highest BCUT2D eigenvalue weighted by Gasteiger charge is 2.41. The fourth-order valence-corrected chi connectivity index (χ4v) is 4.73. The lowest BCUT2D eigenvalue weighted by Gasteiger charge is -2.34. The molecule has 3 N–H and O–H groups in total. The highest BCUT2D eigenvalue weighted by molar-refractivity contribution is 7.18. The Hall–Kier alpha value is -2.97. The van der Waals surface area contributed by atoms with E-state index in [0.717, 1.165) is 12.8 Å². The van der Waals surface area contributed by atoms with Crippen molar-refractivity contribution in [2.45, 2.75) is 24.8 Å². The number of halogens is 2. The van der Waals surface area contributed by atoms with E-state index in [2.05, 4.69) is 10.3 Å². The zero-order chi connectivity index (χ0) is 22.0. The number of piperidine rings is 1. The molecule has 1 aliphatic rings. The van der Waals surface area contributed by atoms with Gasteiger partial charge < -0.3 is 11.1 Å². The van der Waals surface area contributed by atoms with Crippen LogP contribution in [0.5, 0.6) is 0 Å².